The average molecular weight is 242 g/mol. The fraction of sp³-hybridized carbons (Fsp3) is 0.538. The third-order valence-electron chi connectivity index (χ3n) is 2.72. The summed E-state index contributed by atoms with van der Waals surface area (Å²) in [5, 5.41) is 0. The van der Waals surface area contributed by atoms with Crippen molar-refractivity contribution in [3.8, 4) is 0 Å². The van der Waals surface area contributed by atoms with Crippen LogP contribution in [0.5, 0.6) is 0 Å². The van der Waals surface area contributed by atoms with E-state index in [9.17, 15) is 8.78 Å². The van der Waals surface area contributed by atoms with E-state index in [-0.39, 0.29) is 5.41 Å². The molecule has 0 aliphatic heterocycles. The standard InChI is InChI=1S/C13H20F2N2/c1-13(2,8-16)9-17(3)7-10-5-4-6-11(14)12(10)15/h4-6H,7-9,16H2,1-3H3. The monoisotopic (exact) mass is 242 g/mol. The number of hydrogen-bond donors (Lipinski definition) is 1. The zero-order valence-corrected chi connectivity index (χ0v) is 10.6. The molecule has 17 heavy (non-hydrogen) atoms. The Kier molecular flexibility index (Phi) is 4.60. The molecular formula is C13H20F2N2. The maximum absolute atomic E-state index is 13.5. The lowest BCUT2D eigenvalue weighted by molar-refractivity contribution is 0.207. The molecule has 0 spiro atoms. The van der Waals surface area contributed by atoms with E-state index in [0.29, 0.717) is 18.7 Å². The van der Waals surface area contributed by atoms with Gasteiger partial charge in [0.15, 0.2) is 11.6 Å². The number of benzene rings is 1. The Morgan fingerprint density at radius 3 is 2.53 bits per heavy atom. The predicted octanol–water partition coefficient (Wildman–Crippen LogP) is 2.38. The highest BCUT2D eigenvalue weighted by Crippen LogP contribution is 2.17. The van der Waals surface area contributed by atoms with E-state index in [2.05, 4.69) is 0 Å². The SMILES string of the molecule is CN(Cc1cccc(F)c1F)CC(C)(C)CN. The van der Waals surface area contributed by atoms with Gasteiger partial charge >= 0.3 is 0 Å². The number of nitrogens with zero attached hydrogens (tertiary/aromatic N) is 1. The third kappa shape index (κ3) is 4.06. The van der Waals surface area contributed by atoms with E-state index in [1.165, 1.54) is 6.07 Å². The molecular weight excluding hydrogens is 222 g/mol. The lowest BCUT2D eigenvalue weighted by Gasteiger charge is -2.29. The van der Waals surface area contributed by atoms with Crippen LogP contribution in [0.15, 0.2) is 18.2 Å². The second-order valence-electron chi connectivity index (χ2n) is 5.25. The van der Waals surface area contributed by atoms with Gasteiger partial charge in [-0.15, -0.1) is 0 Å². The maximum atomic E-state index is 13.5. The summed E-state index contributed by atoms with van der Waals surface area (Å²) < 4.78 is 26.5. The molecule has 0 aliphatic rings. The molecule has 0 aromatic heterocycles. The van der Waals surface area contributed by atoms with Gasteiger partial charge in [-0.05, 0) is 25.1 Å². The van der Waals surface area contributed by atoms with Crippen LogP contribution in [0.25, 0.3) is 0 Å². The summed E-state index contributed by atoms with van der Waals surface area (Å²) in [7, 11) is 1.88. The van der Waals surface area contributed by atoms with E-state index in [4.69, 9.17) is 5.73 Å². The van der Waals surface area contributed by atoms with Crippen LogP contribution in [0.4, 0.5) is 8.78 Å². The molecule has 96 valence electrons. The average Bonchev–Trinajstić information content (AvgIpc) is 2.24. The minimum Gasteiger partial charge on any atom is -0.330 e. The van der Waals surface area contributed by atoms with Crippen LogP contribution in [0.3, 0.4) is 0 Å². The second-order valence-corrected chi connectivity index (χ2v) is 5.25. The summed E-state index contributed by atoms with van der Waals surface area (Å²) in [6.07, 6.45) is 0. The Balaban J connectivity index is 2.68. The van der Waals surface area contributed by atoms with Crippen LogP contribution in [-0.4, -0.2) is 25.0 Å². The Labute approximate surface area is 101 Å². The van der Waals surface area contributed by atoms with Gasteiger partial charge in [-0.2, -0.15) is 0 Å². The predicted molar refractivity (Wildman–Crippen MR) is 65.5 cm³/mol. The molecule has 1 rings (SSSR count). The van der Waals surface area contributed by atoms with Crippen LogP contribution in [0, 0.1) is 17.0 Å². The topological polar surface area (TPSA) is 29.3 Å². The van der Waals surface area contributed by atoms with Gasteiger partial charge in [0, 0.05) is 18.7 Å². The first-order valence-corrected chi connectivity index (χ1v) is 5.67. The zero-order chi connectivity index (χ0) is 13.1. The summed E-state index contributed by atoms with van der Waals surface area (Å²) in [4.78, 5) is 1.95. The quantitative estimate of drug-likeness (QED) is 0.859. The smallest absolute Gasteiger partial charge is 0.163 e. The van der Waals surface area contributed by atoms with Gasteiger partial charge in [0.05, 0.1) is 0 Å². The van der Waals surface area contributed by atoms with Gasteiger partial charge in [-0.3, -0.25) is 0 Å². The molecule has 0 saturated carbocycles. The molecule has 1 aromatic carbocycles. The first-order valence-electron chi connectivity index (χ1n) is 5.67. The molecule has 0 heterocycles. The molecule has 0 aliphatic carbocycles. The molecule has 2 nitrogen and oxygen atoms in total. The fourth-order valence-corrected chi connectivity index (χ4v) is 1.81. The van der Waals surface area contributed by atoms with Gasteiger partial charge in [-0.25, -0.2) is 8.78 Å². The second kappa shape index (κ2) is 5.56. The largest absolute Gasteiger partial charge is 0.330 e. The van der Waals surface area contributed by atoms with E-state index in [0.717, 1.165) is 12.6 Å². The number of nitrogens with two attached hydrogens (primary N) is 1. The molecule has 0 amide bonds. The van der Waals surface area contributed by atoms with Gasteiger partial charge in [0.1, 0.15) is 0 Å². The first-order chi connectivity index (χ1) is 7.85. The van der Waals surface area contributed by atoms with Crippen molar-refractivity contribution >= 4 is 0 Å². The number of halogens is 2. The van der Waals surface area contributed by atoms with Gasteiger partial charge < -0.3 is 10.6 Å². The zero-order valence-electron chi connectivity index (χ0n) is 10.6. The van der Waals surface area contributed by atoms with Gasteiger partial charge in [-0.1, -0.05) is 26.0 Å². The Morgan fingerprint density at radius 2 is 1.94 bits per heavy atom. The van der Waals surface area contributed by atoms with Crippen molar-refractivity contribution in [2.75, 3.05) is 20.1 Å². The summed E-state index contributed by atoms with van der Waals surface area (Å²) in [6.45, 7) is 5.77. The van der Waals surface area contributed by atoms with Crippen LogP contribution < -0.4 is 5.73 Å². The van der Waals surface area contributed by atoms with Crippen molar-refractivity contribution in [2.45, 2.75) is 20.4 Å². The van der Waals surface area contributed by atoms with Crippen molar-refractivity contribution in [2.24, 2.45) is 11.1 Å². The minimum absolute atomic E-state index is 0.0292. The van der Waals surface area contributed by atoms with E-state index in [1.54, 1.807) is 6.07 Å². The Morgan fingerprint density at radius 1 is 1.29 bits per heavy atom. The number of hydrogen-bond acceptors (Lipinski definition) is 2. The molecule has 0 bridgehead atoms. The lowest BCUT2D eigenvalue weighted by Crippen LogP contribution is -2.36. The highest BCUT2D eigenvalue weighted by Gasteiger charge is 2.19. The minimum atomic E-state index is -0.797. The van der Waals surface area contributed by atoms with Gasteiger partial charge in [0.2, 0.25) is 0 Å². The highest BCUT2D eigenvalue weighted by molar-refractivity contribution is 5.18. The lowest BCUT2D eigenvalue weighted by atomic mass is 9.93. The molecule has 2 N–H and O–H groups in total. The highest BCUT2D eigenvalue weighted by atomic mass is 19.2. The normalized spacial score (nSPS) is 12.2. The Hall–Kier alpha value is -1.00. The summed E-state index contributed by atoms with van der Waals surface area (Å²) in [5.41, 5.74) is 5.99. The molecule has 4 heteroatoms. The molecule has 0 atom stereocenters. The van der Waals surface area contributed by atoms with E-state index in [1.807, 2.05) is 25.8 Å². The number of rotatable bonds is 5. The summed E-state index contributed by atoms with van der Waals surface area (Å²) in [6, 6.07) is 4.25. The van der Waals surface area contributed by atoms with Crippen molar-refractivity contribution in [3.63, 3.8) is 0 Å². The fourth-order valence-electron chi connectivity index (χ4n) is 1.81. The molecule has 0 unspecified atom stereocenters. The van der Waals surface area contributed by atoms with Gasteiger partial charge in [0.25, 0.3) is 0 Å². The molecule has 0 fully saturated rings. The molecule has 0 saturated heterocycles. The van der Waals surface area contributed by atoms with Crippen molar-refractivity contribution in [3.05, 3.63) is 35.4 Å². The van der Waals surface area contributed by atoms with Crippen LogP contribution in [0.1, 0.15) is 19.4 Å². The van der Waals surface area contributed by atoms with E-state index >= 15 is 0 Å². The third-order valence-corrected chi connectivity index (χ3v) is 2.72. The van der Waals surface area contributed by atoms with Crippen molar-refractivity contribution in [1.82, 2.24) is 4.90 Å². The summed E-state index contributed by atoms with van der Waals surface area (Å²) in [5.74, 6) is -1.56. The molecule has 1 aromatic rings. The van der Waals surface area contributed by atoms with Crippen LogP contribution >= 0.6 is 0 Å². The van der Waals surface area contributed by atoms with Crippen molar-refractivity contribution < 1.29 is 8.78 Å². The molecule has 0 radical (unpaired) electrons. The first kappa shape index (κ1) is 14.1. The Bertz CT molecular complexity index is 378. The van der Waals surface area contributed by atoms with Crippen molar-refractivity contribution in [1.29, 1.82) is 0 Å². The maximum Gasteiger partial charge on any atom is 0.163 e. The van der Waals surface area contributed by atoms with E-state index < -0.39 is 11.6 Å². The summed E-state index contributed by atoms with van der Waals surface area (Å²) >= 11 is 0. The van der Waals surface area contributed by atoms with Crippen LogP contribution in [-0.2, 0) is 6.54 Å². The van der Waals surface area contributed by atoms with Crippen LogP contribution in [0.2, 0.25) is 0 Å².